The van der Waals surface area contributed by atoms with Crippen molar-refractivity contribution in [2.45, 2.75) is 19.8 Å². The Labute approximate surface area is 115 Å². The lowest BCUT2D eigenvalue weighted by Gasteiger charge is -2.06. The molecule has 0 aliphatic heterocycles. The van der Waals surface area contributed by atoms with Gasteiger partial charge in [0.25, 0.3) is 0 Å². The van der Waals surface area contributed by atoms with Crippen LogP contribution < -0.4 is 0 Å². The first-order chi connectivity index (χ1) is 8.63. The van der Waals surface area contributed by atoms with E-state index in [1.54, 1.807) is 6.07 Å². The van der Waals surface area contributed by atoms with Crippen LogP contribution in [0.15, 0.2) is 22.7 Å². The zero-order valence-electron chi connectivity index (χ0n) is 10.2. The summed E-state index contributed by atoms with van der Waals surface area (Å²) < 4.78 is 6.10. The fraction of sp³-hybridized carbons (Fsp3) is 0.429. The number of ketones is 2. The Morgan fingerprint density at radius 3 is 3.00 bits per heavy atom. The van der Waals surface area contributed by atoms with Crippen molar-refractivity contribution >= 4 is 27.5 Å². The van der Waals surface area contributed by atoms with E-state index in [9.17, 15) is 9.59 Å². The maximum absolute atomic E-state index is 12.1. The van der Waals surface area contributed by atoms with Crippen molar-refractivity contribution in [1.29, 1.82) is 0 Å². The van der Waals surface area contributed by atoms with Gasteiger partial charge in [-0.2, -0.15) is 0 Å². The molecule has 0 heterocycles. The van der Waals surface area contributed by atoms with Gasteiger partial charge in [-0.1, -0.05) is 15.9 Å². The molecule has 0 spiro atoms. The molecule has 0 fully saturated rings. The van der Waals surface area contributed by atoms with Crippen molar-refractivity contribution in [2.24, 2.45) is 5.92 Å². The largest absolute Gasteiger partial charge is 0.381 e. The number of fused-ring (bicyclic) bond motifs is 1. The molecule has 1 atom stereocenters. The average Bonchev–Trinajstić information content (AvgIpc) is 2.66. The number of carbonyl (C=O) groups excluding carboxylic acids is 2. The highest BCUT2D eigenvalue weighted by molar-refractivity contribution is 9.10. The third-order valence-corrected chi connectivity index (χ3v) is 3.65. The van der Waals surface area contributed by atoms with Gasteiger partial charge in [0.2, 0.25) is 0 Å². The molecule has 18 heavy (non-hydrogen) atoms. The van der Waals surface area contributed by atoms with Gasteiger partial charge in [-0.3, -0.25) is 9.59 Å². The minimum atomic E-state index is -0.505. The monoisotopic (exact) mass is 310 g/mol. The van der Waals surface area contributed by atoms with Crippen LogP contribution in [0, 0.1) is 5.92 Å². The SMILES string of the molecule is CCOCCC(=O)C1Cc2cc(Br)ccc2C1=O. The molecular formula is C14H15BrO3. The van der Waals surface area contributed by atoms with Gasteiger partial charge in [-0.15, -0.1) is 0 Å². The van der Waals surface area contributed by atoms with Crippen molar-refractivity contribution < 1.29 is 14.3 Å². The van der Waals surface area contributed by atoms with E-state index in [2.05, 4.69) is 15.9 Å². The molecule has 1 aromatic rings. The third-order valence-electron chi connectivity index (χ3n) is 3.16. The maximum Gasteiger partial charge on any atom is 0.173 e. The van der Waals surface area contributed by atoms with E-state index in [1.165, 1.54) is 0 Å². The van der Waals surface area contributed by atoms with Gasteiger partial charge in [-0.05, 0) is 37.1 Å². The Bertz CT molecular complexity index is 482. The van der Waals surface area contributed by atoms with Gasteiger partial charge in [0, 0.05) is 23.1 Å². The van der Waals surface area contributed by atoms with E-state index in [-0.39, 0.29) is 11.6 Å². The van der Waals surface area contributed by atoms with Crippen LogP contribution in [-0.4, -0.2) is 24.8 Å². The Balaban J connectivity index is 2.06. The van der Waals surface area contributed by atoms with Crippen LogP contribution in [0.3, 0.4) is 0 Å². The predicted octanol–water partition coefficient (Wildman–Crippen LogP) is 2.80. The normalized spacial score (nSPS) is 17.9. The number of carbonyl (C=O) groups is 2. The molecule has 2 rings (SSSR count). The van der Waals surface area contributed by atoms with Gasteiger partial charge in [0.1, 0.15) is 5.78 Å². The fourth-order valence-corrected chi connectivity index (χ4v) is 2.63. The van der Waals surface area contributed by atoms with Gasteiger partial charge in [-0.25, -0.2) is 0 Å². The smallest absolute Gasteiger partial charge is 0.173 e. The van der Waals surface area contributed by atoms with E-state index < -0.39 is 5.92 Å². The molecule has 0 N–H and O–H groups in total. The fourth-order valence-electron chi connectivity index (χ4n) is 2.22. The highest BCUT2D eigenvalue weighted by Gasteiger charge is 2.35. The number of benzene rings is 1. The minimum Gasteiger partial charge on any atom is -0.381 e. The second kappa shape index (κ2) is 5.76. The Morgan fingerprint density at radius 1 is 1.50 bits per heavy atom. The minimum absolute atomic E-state index is 0.0132. The van der Waals surface area contributed by atoms with E-state index in [0.717, 1.165) is 10.0 Å². The number of hydrogen-bond donors (Lipinski definition) is 0. The van der Waals surface area contributed by atoms with Crippen LogP contribution in [0.25, 0.3) is 0 Å². The first kappa shape index (κ1) is 13.4. The van der Waals surface area contributed by atoms with Crippen LogP contribution in [0.5, 0.6) is 0 Å². The zero-order valence-corrected chi connectivity index (χ0v) is 11.8. The van der Waals surface area contributed by atoms with Crippen LogP contribution in [-0.2, 0) is 16.0 Å². The van der Waals surface area contributed by atoms with Crippen molar-refractivity contribution in [3.8, 4) is 0 Å². The lowest BCUT2D eigenvalue weighted by molar-refractivity contribution is -0.122. The Hall–Kier alpha value is -1.00. The second-order valence-corrected chi connectivity index (χ2v) is 5.25. The lowest BCUT2D eigenvalue weighted by atomic mass is 9.98. The van der Waals surface area contributed by atoms with Gasteiger partial charge >= 0.3 is 0 Å². The van der Waals surface area contributed by atoms with Crippen LogP contribution in [0.1, 0.15) is 29.3 Å². The molecule has 1 unspecified atom stereocenters. The number of rotatable bonds is 5. The number of halogens is 1. The van der Waals surface area contributed by atoms with Crippen LogP contribution in [0.2, 0.25) is 0 Å². The zero-order chi connectivity index (χ0) is 13.1. The molecule has 96 valence electrons. The summed E-state index contributed by atoms with van der Waals surface area (Å²) in [5.41, 5.74) is 1.65. The van der Waals surface area contributed by atoms with Gasteiger partial charge < -0.3 is 4.74 Å². The molecule has 3 nitrogen and oxygen atoms in total. The first-order valence-electron chi connectivity index (χ1n) is 6.06. The topological polar surface area (TPSA) is 43.4 Å². The number of hydrogen-bond acceptors (Lipinski definition) is 3. The summed E-state index contributed by atoms with van der Waals surface area (Å²) in [6, 6.07) is 5.55. The summed E-state index contributed by atoms with van der Waals surface area (Å²) in [5.74, 6) is -0.561. The molecule has 0 radical (unpaired) electrons. The molecular weight excluding hydrogens is 296 g/mol. The first-order valence-corrected chi connectivity index (χ1v) is 6.86. The average molecular weight is 311 g/mol. The van der Waals surface area contributed by atoms with Crippen molar-refractivity contribution in [3.05, 3.63) is 33.8 Å². The predicted molar refractivity (Wildman–Crippen MR) is 71.8 cm³/mol. The molecule has 0 saturated heterocycles. The lowest BCUT2D eigenvalue weighted by Crippen LogP contribution is -2.22. The number of ether oxygens (including phenoxy) is 1. The van der Waals surface area contributed by atoms with E-state index in [1.807, 2.05) is 19.1 Å². The molecule has 4 heteroatoms. The molecule has 1 aliphatic carbocycles. The van der Waals surface area contributed by atoms with Crippen molar-refractivity contribution in [2.75, 3.05) is 13.2 Å². The standard InChI is InChI=1S/C14H15BrO3/c1-2-18-6-5-13(16)12-8-9-7-10(15)3-4-11(9)14(12)17/h3-4,7,12H,2,5-6,8H2,1H3. The molecule has 0 aromatic heterocycles. The number of Topliss-reactive ketones (excluding diaryl/α,β-unsaturated/α-hetero) is 2. The quantitative estimate of drug-likeness (QED) is 0.620. The van der Waals surface area contributed by atoms with E-state index >= 15 is 0 Å². The summed E-state index contributed by atoms with van der Waals surface area (Å²) in [5, 5.41) is 0. The van der Waals surface area contributed by atoms with Crippen molar-refractivity contribution in [1.82, 2.24) is 0 Å². The highest BCUT2D eigenvalue weighted by Crippen LogP contribution is 2.30. The van der Waals surface area contributed by atoms with Crippen LogP contribution in [0.4, 0.5) is 0 Å². The summed E-state index contributed by atoms with van der Waals surface area (Å²) >= 11 is 3.38. The molecule has 1 aliphatic rings. The third kappa shape index (κ3) is 2.70. The summed E-state index contributed by atoms with van der Waals surface area (Å²) in [6.07, 6.45) is 0.845. The highest BCUT2D eigenvalue weighted by atomic mass is 79.9. The van der Waals surface area contributed by atoms with Gasteiger partial charge in [0.15, 0.2) is 5.78 Å². The molecule has 0 bridgehead atoms. The Kier molecular flexibility index (Phi) is 4.30. The summed E-state index contributed by atoms with van der Waals surface area (Å²) in [4.78, 5) is 24.1. The molecule has 1 aromatic carbocycles. The molecule has 0 saturated carbocycles. The second-order valence-electron chi connectivity index (χ2n) is 4.34. The summed E-state index contributed by atoms with van der Waals surface area (Å²) in [6.45, 7) is 2.89. The van der Waals surface area contributed by atoms with E-state index in [4.69, 9.17) is 4.74 Å². The van der Waals surface area contributed by atoms with Crippen LogP contribution >= 0.6 is 15.9 Å². The van der Waals surface area contributed by atoms with Crippen molar-refractivity contribution in [3.63, 3.8) is 0 Å². The Morgan fingerprint density at radius 2 is 2.28 bits per heavy atom. The van der Waals surface area contributed by atoms with E-state index in [0.29, 0.717) is 31.6 Å². The van der Waals surface area contributed by atoms with Gasteiger partial charge in [0.05, 0.1) is 12.5 Å². The maximum atomic E-state index is 12.1. The summed E-state index contributed by atoms with van der Waals surface area (Å²) in [7, 11) is 0. The molecule has 0 amide bonds.